The van der Waals surface area contributed by atoms with Crippen LogP contribution in [0, 0.1) is 0 Å². The number of aromatic nitrogens is 5. The lowest BCUT2D eigenvalue weighted by Gasteiger charge is -2.15. The first-order chi connectivity index (χ1) is 17.6. The van der Waals surface area contributed by atoms with Crippen LogP contribution in [-0.2, 0) is 11.4 Å². The summed E-state index contributed by atoms with van der Waals surface area (Å²) in [7, 11) is 0. The van der Waals surface area contributed by atoms with E-state index in [2.05, 4.69) is 37.0 Å². The molecule has 1 amide bonds. The van der Waals surface area contributed by atoms with E-state index in [0.29, 0.717) is 58.0 Å². The Balaban J connectivity index is 1.30. The summed E-state index contributed by atoms with van der Waals surface area (Å²) in [6, 6.07) is 12.5. The van der Waals surface area contributed by atoms with Crippen LogP contribution in [0.25, 0.3) is 11.0 Å². The number of anilines is 2. The van der Waals surface area contributed by atoms with Gasteiger partial charge >= 0.3 is 0 Å². The maximum atomic E-state index is 11.8. The Hall–Kier alpha value is -4.31. The molecule has 4 aromatic rings. The van der Waals surface area contributed by atoms with E-state index in [1.165, 1.54) is 12.4 Å². The number of carbonyl (C=O) groups is 1. The van der Waals surface area contributed by atoms with Crippen LogP contribution in [0.1, 0.15) is 12.1 Å². The Morgan fingerprint density at radius 3 is 2.97 bits per heavy atom. The molecule has 5 rings (SSSR count). The van der Waals surface area contributed by atoms with Crippen LogP contribution in [0.15, 0.2) is 67.6 Å². The SMILES string of the molecule is C=CC(=O)N1CC[C@H](Oc2ccc3ncnc(Nc4ccc(OCc5cccnn5)c(Cl)c4)c3n2)C1. The number of rotatable bonds is 8. The van der Waals surface area contributed by atoms with Gasteiger partial charge in [-0.15, -0.1) is 0 Å². The predicted molar refractivity (Wildman–Crippen MR) is 134 cm³/mol. The van der Waals surface area contributed by atoms with Gasteiger partial charge < -0.3 is 19.7 Å². The van der Waals surface area contributed by atoms with Crippen molar-refractivity contribution in [1.82, 2.24) is 30.0 Å². The maximum absolute atomic E-state index is 11.8. The van der Waals surface area contributed by atoms with Crippen molar-refractivity contribution in [1.29, 1.82) is 0 Å². The topological polar surface area (TPSA) is 115 Å². The van der Waals surface area contributed by atoms with E-state index in [-0.39, 0.29) is 18.6 Å². The van der Waals surface area contributed by atoms with Gasteiger partial charge in [-0.05, 0) is 42.5 Å². The van der Waals surface area contributed by atoms with Gasteiger partial charge in [0.25, 0.3) is 0 Å². The predicted octanol–water partition coefficient (Wildman–Crippen LogP) is 3.96. The first kappa shape index (κ1) is 23.4. The molecule has 182 valence electrons. The molecule has 0 radical (unpaired) electrons. The highest BCUT2D eigenvalue weighted by molar-refractivity contribution is 6.32. The number of benzene rings is 1. The average Bonchev–Trinajstić information content (AvgIpc) is 3.37. The second kappa shape index (κ2) is 10.5. The molecular formula is C25H22ClN7O3. The van der Waals surface area contributed by atoms with Gasteiger partial charge in [-0.25, -0.2) is 15.0 Å². The molecule has 1 saturated heterocycles. The molecule has 1 aromatic carbocycles. The van der Waals surface area contributed by atoms with Crippen LogP contribution in [0.4, 0.5) is 11.5 Å². The zero-order valence-corrected chi connectivity index (χ0v) is 19.9. The van der Waals surface area contributed by atoms with E-state index in [0.717, 1.165) is 6.42 Å². The highest BCUT2D eigenvalue weighted by Crippen LogP contribution is 2.31. The number of fused-ring (bicyclic) bond motifs is 1. The van der Waals surface area contributed by atoms with E-state index in [1.807, 2.05) is 18.2 Å². The Morgan fingerprint density at radius 1 is 1.25 bits per heavy atom. The molecule has 1 aliphatic heterocycles. The summed E-state index contributed by atoms with van der Waals surface area (Å²) in [5.74, 6) is 1.36. The summed E-state index contributed by atoms with van der Waals surface area (Å²) in [6.45, 7) is 4.91. The number of pyridine rings is 1. The maximum Gasteiger partial charge on any atom is 0.246 e. The summed E-state index contributed by atoms with van der Waals surface area (Å²) in [5.41, 5.74) is 2.61. The van der Waals surface area contributed by atoms with E-state index < -0.39 is 0 Å². The molecule has 4 heterocycles. The third-order valence-corrected chi connectivity index (χ3v) is 5.87. The third-order valence-electron chi connectivity index (χ3n) is 5.57. The molecule has 1 aliphatic rings. The molecule has 0 saturated carbocycles. The lowest BCUT2D eigenvalue weighted by atomic mass is 10.2. The van der Waals surface area contributed by atoms with Gasteiger partial charge in [-0.2, -0.15) is 10.2 Å². The van der Waals surface area contributed by atoms with Crippen molar-refractivity contribution in [3.05, 3.63) is 78.4 Å². The molecule has 10 nitrogen and oxygen atoms in total. The number of nitrogens with one attached hydrogen (secondary N) is 1. The van der Waals surface area contributed by atoms with Crippen molar-refractivity contribution >= 4 is 40.0 Å². The van der Waals surface area contributed by atoms with Crippen molar-refractivity contribution in [3.8, 4) is 11.6 Å². The molecule has 1 N–H and O–H groups in total. The molecule has 0 unspecified atom stereocenters. The summed E-state index contributed by atoms with van der Waals surface area (Å²) >= 11 is 6.44. The molecule has 11 heteroatoms. The van der Waals surface area contributed by atoms with Crippen molar-refractivity contribution in [3.63, 3.8) is 0 Å². The van der Waals surface area contributed by atoms with Gasteiger partial charge in [0.2, 0.25) is 11.8 Å². The highest BCUT2D eigenvalue weighted by atomic mass is 35.5. The number of hydrogen-bond donors (Lipinski definition) is 1. The smallest absolute Gasteiger partial charge is 0.246 e. The second-order valence-electron chi connectivity index (χ2n) is 8.03. The number of likely N-dealkylation sites (tertiary alicyclic amines) is 1. The summed E-state index contributed by atoms with van der Waals surface area (Å²) < 4.78 is 11.8. The van der Waals surface area contributed by atoms with E-state index >= 15 is 0 Å². The van der Waals surface area contributed by atoms with Crippen LogP contribution in [0.2, 0.25) is 5.02 Å². The second-order valence-corrected chi connectivity index (χ2v) is 8.44. The molecule has 0 spiro atoms. The number of nitrogens with zero attached hydrogens (tertiary/aromatic N) is 6. The molecule has 3 aromatic heterocycles. The largest absolute Gasteiger partial charge is 0.486 e. The van der Waals surface area contributed by atoms with Crippen molar-refractivity contribution in [2.45, 2.75) is 19.1 Å². The fraction of sp³-hybridized carbons (Fsp3) is 0.200. The van der Waals surface area contributed by atoms with E-state index in [9.17, 15) is 4.79 Å². The van der Waals surface area contributed by atoms with Crippen LogP contribution < -0.4 is 14.8 Å². The summed E-state index contributed by atoms with van der Waals surface area (Å²) in [5, 5.41) is 11.5. The Bertz CT molecular complexity index is 1400. The minimum Gasteiger partial charge on any atom is -0.486 e. The fourth-order valence-corrected chi connectivity index (χ4v) is 4.03. The van der Waals surface area contributed by atoms with Gasteiger partial charge in [-0.3, -0.25) is 4.79 Å². The van der Waals surface area contributed by atoms with Crippen LogP contribution in [0.5, 0.6) is 11.6 Å². The molecular weight excluding hydrogens is 482 g/mol. The minimum absolute atomic E-state index is 0.101. The van der Waals surface area contributed by atoms with Crippen LogP contribution >= 0.6 is 11.6 Å². The van der Waals surface area contributed by atoms with Gasteiger partial charge in [0.1, 0.15) is 36.0 Å². The van der Waals surface area contributed by atoms with Crippen LogP contribution in [0.3, 0.4) is 0 Å². The summed E-state index contributed by atoms with van der Waals surface area (Å²) in [4.78, 5) is 26.8. The Morgan fingerprint density at radius 2 is 2.17 bits per heavy atom. The third kappa shape index (κ3) is 5.33. The number of hydrogen-bond acceptors (Lipinski definition) is 9. The first-order valence-electron chi connectivity index (χ1n) is 11.2. The van der Waals surface area contributed by atoms with Gasteiger partial charge in [0.05, 0.1) is 17.1 Å². The normalized spacial score (nSPS) is 15.0. The Kier molecular flexibility index (Phi) is 6.85. The lowest BCUT2D eigenvalue weighted by Crippen LogP contribution is -2.29. The lowest BCUT2D eigenvalue weighted by molar-refractivity contribution is -0.125. The number of halogens is 1. The number of amides is 1. The van der Waals surface area contributed by atoms with E-state index in [1.54, 1.807) is 35.4 Å². The molecule has 1 atom stereocenters. The van der Waals surface area contributed by atoms with Crippen molar-refractivity contribution in [2.75, 3.05) is 18.4 Å². The number of carbonyl (C=O) groups excluding carboxylic acids is 1. The van der Waals surface area contributed by atoms with Crippen molar-refractivity contribution < 1.29 is 14.3 Å². The van der Waals surface area contributed by atoms with Crippen LogP contribution in [-0.4, -0.2) is 55.1 Å². The molecule has 1 fully saturated rings. The standard InChI is InChI=1S/C25H22ClN7O3/c1-2-23(34)33-11-9-18(13-33)36-22-8-6-20-24(31-22)25(28-15-27-20)30-16-5-7-21(19(26)12-16)35-14-17-4-3-10-29-32-17/h2-8,10,12,15,18H,1,9,11,13-14H2,(H,27,28,30)/t18-/m0/s1. The van der Waals surface area contributed by atoms with Crippen molar-refractivity contribution in [2.24, 2.45) is 0 Å². The first-order valence-corrected chi connectivity index (χ1v) is 11.6. The molecule has 0 bridgehead atoms. The van der Waals surface area contributed by atoms with E-state index in [4.69, 9.17) is 21.1 Å². The van der Waals surface area contributed by atoms with Gasteiger partial charge in [-0.1, -0.05) is 18.2 Å². The fourth-order valence-electron chi connectivity index (χ4n) is 3.80. The zero-order valence-electron chi connectivity index (χ0n) is 19.2. The average molecular weight is 504 g/mol. The Labute approximate surface area is 212 Å². The molecule has 0 aliphatic carbocycles. The highest BCUT2D eigenvalue weighted by Gasteiger charge is 2.26. The quantitative estimate of drug-likeness (QED) is 0.357. The van der Waals surface area contributed by atoms with Gasteiger partial charge in [0.15, 0.2) is 5.82 Å². The summed E-state index contributed by atoms with van der Waals surface area (Å²) in [6.07, 6.45) is 4.96. The van der Waals surface area contributed by atoms with Gasteiger partial charge in [0, 0.05) is 30.9 Å². The zero-order chi connectivity index (χ0) is 24.9. The molecule has 36 heavy (non-hydrogen) atoms. The monoisotopic (exact) mass is 503 g/mol. The minimum atomic E-state index is -0.145. The number of ether oxygens (including phenoxy) is 2.